The van der Waals surface area contributed by atoms with Crippen molar-refractivity contribution in [2.45, 2.75) is 51.4 Å². The lowest BCUT2D eigenvalue weighted by molar-refractivity contribution is 0.104. The molecule has 2 aromatic carbocycles. The largest absolute Gasteiger partial charge is 0.289 e. The quantitative estimate of drug-likeness (QED) is 0.338. The Balaban J connectivity index is 1.61. The molecule has 0 atom stereocenters. The molecule has 0 aromatic heterocycles. The number of rotatable bonds is 5. The summed E-state index contributed by atoms with van der Waals surface area (Å²) >= 11 is 0. The van der Waals surface area contributed by atoms with Crippen molar-refractivity contribution in [3.8, 4) is 11.8 Å². The number of allylic oxidation sites excluding steroid dienone is 1. The molecule has 0 bridgehead atoms. The van der Waals surface area contributed by atoms with Crippen molar-refractivity contribution in [1.29, 1.82) is 0 Å². The minimum absolute atomic E-state index is 0.0613. The lowest BCUT2D eigenvalue weighted by Crippen LogP contribution is -2.13. The van der Waals surface area contributed by atoms with Crippen molar-refractivity contribution >= 4 is 5.78 Å². The van der Waals surface area contributed by atoms with Gasteiger partial charge in [0.1, 0.15) is 0 Å². The lowest BCUT2D eigenvalue weighted by atomic mass is 9.77. The van der Waals surface area contributed by atoms with Crippen LogP contribution in [-0.2, 0) is 0 Å². The Morgan fingerprint density at radius 3 is 2.04 bits per heavy atom. The van der Waals surface area contributed by atoms with Gasteiger partial charge in [0, 0.05) is 16.7 Å². The van der Waals surface area contributed by atoms with Crippen LogP contribution in [0.15, 0.2) is 61.2 Å². The Bertz CT molecular complexity index is 823. The molecular formula is C26H28O. The molecule has 1 saturated carbocycles. The van der Waals surface area contributed by atoms with Crippen LogP contribution in [0.4, 0.5) is 0 Å². The van der Waals surface area contributed by atoms with Gasteiger partial charge in [-0.3, -0.25) is 4.79 Å². The predicted molar refractivity (Wildman–Crippen MR) is 113 cm³/mol. The monoisotopic (exact) mass is 356 g/mol. The Morgan fingerprint density at radius 1 is 0.963 bits per heavy atom. The molecule has 1 fully saturated rings. The topological polar surface area (TPSA) is 17.1 Å². The molecule has 0 N–H and O–H groups in total. The zero-order valence-corrected chi connectivity index (χ0v) is 16.2. The third-order valence-electron chi connectivity index (χ3n) is 5.63. The third-order valence-corrected chi connectivity index (χ3v) is 5.63. The first-order chi connectivity index (χ1) is 13.2. The molecule has 3 rings (SSSR count). The summed E-state index contributed by atoms with van der Waals surface area (Å²) in [4.78, 5) is 11.6. The molecular weight excluding hydrogens is 328 g/mol. The number of carbonyl (C=O) groups excluding carboxylic acids is 1. The summed E-state index contributed by atoms with van der Waals surface area (Å²) in [6, 6.07) is 16.1. The fourth-order valence-electron chi connectivity index (χ4n) is 4.01. The molecule has 0 aliphatic heterocycles. The van der Waals surface area contributed by atoms with E-state index in [0.29, 0.717) is 5.56 Å². The van der Waals surface area contributed by atoms with Crippen molar-refractivity contribution in [3.05, 3.63) is 83.4 Å². The summed E-state index contributed by atoms with van der Waals surface area (Å²) < 4.78 is 0. The highest BCUT2D eigenvalue weighted by Crippen LogP contribution is 2.37. The van der Waals surface area contributed by atoms with Gasteiger partial charge in [0.05, 0.1) is 0 Å². The molecule has 0 heterocycles. The molecule has 1 nitrogen and oxygen atoms in total. The minimum Gasteiger partial charge on any atom is -0.289 e. The lowest BCUT2D eigenvalue weighted by Gasteiger charge is -2.28. The molecule has 0 amide bonds. The first-order valence-electron chi connectivity index (χ1n) is 10.1. The van der Waals surface area contributed by atoms with Crippen LogP contribution in [0.1, 0.15) is 78.4 Å². The highest BCUT2D eigenvalue weighted by Gasteiger charge is 2.21. The number of carbonyl (C=O) groups is 1. The summed E-state index contributed by atoms with van der Waals surface area (Å²) in [5, 5.41) is 0. The fraction of sp³-hybridized carbons (Fsp3) is 0.346. The zero-order valence-electron chi connectivity index (χ0n) is 16.2. The standard InChI is InChI=1S/C26H28O/c1-3-5-20-8-14-23(15-9-20)24-16-10-21(11-17-24)6-7-22-12-18-25(19-13-22)26(27)4-2/h4,10-13,16-20,23H,2-3,5,8-9,14-15H2,1H3. The van der Waals surface area contributed by atoms with Gasteiger partial charge in [-0.2, -0.15) is 0 Å². The van der Waals surface area contributed by atoms with Crippen molar-refractivity contribution in [2.75, 3.05) is 0 Å². The number of hydrogen-bond acceptors (Lipinski definition) is 1. The Labute approximate surface area is 163 Å². The maximum Gasteiger partial charge on any atom is 0.185 e. The van der Waals surface area contributed by atoms with Gasteiger partial charge in [-0.1, -0.05) is 50.3 Å². The second-order valence-corrected chi connectivity index (χ2v) is 7.52. The molecule has 27 heavy (non-hydrogen) atoms. The summed E-state index contributed by atoms with van der Waals surface area (Å²) in [5.74, 6) is 8.00. The van der Waals surface area contributed by atoms with Gasteiger partial charge in [0.15, 0.2) is 5.78 Å². The maximum atomic E-state index is 11.6. The smallest absolute Gasteiger partial charge is 0.185 e. The van der Waals surface area contributed by atoms with E-state index in [1.807, 2.05) is 12.1 Å². The molecule has 2 aromatic rings. The van der Waals surface area contributed by atoms with Crippen LogP contribution in [0, 0.1) is 17.8 Å². The molecule has 0 radical (unpaired) electrons. The molecule has 0 saturated heterocycles. The van der Waals surface area contributed by atoms with Crippen LogP contribution in [0.2, 0.25) is 0 Å². The van der Waals surface area contributed by atoms with Crippen molar-refractivity contribution < 1.29 is 4.79 Å². The normalized spacial score (nSPS) is 19.0. The first-order valence-corrected chi connectivity index (χ1v) is 10.1. The van der Waals surface area contributed by atoms with Crippen LogP contribution in [0.3, 0.4) is 0 Å². The Kier molecular flexibility index (Phi) is 6.66. The number of hydrogen-bond donors (Lipinski definition) is 0. The second kappa shape index (κ2) is 9.38. The Morgan fingerprint density at radius 2 is 1.52 bits per heavy atom. The van der Waals surface area contributed by atoms with Crippen molar-refractivity contribution in [3.63, 3.8) is 0 Å². The van der Waals surface area contributed by atoms with E-state index in [-0.39, 0.29) is 5.78 Å². The number of benzene rings is 2. The third kappa shape index (κ3) is 5.20. The molecule has 1 aliphatic carbocycles. The van der Waals surface area contributed by atoms with Crippen LogP contribution < -0.4 is 0 Å². The van der Waals surface area contributed by atoms with Crippen LogP contribution in [-0.4, -0.2) is 5.78 Å². The van der Waals surface area contributed by atoms with Gasteiger partial charge in [-0.15, -0.1) is 0 Å². The highest BCUT2D eigenvalue weighted by atomic mass is 16.1. The summed E-state index contributed by atoms with van der Waals surface area (Å²) in [6.07, 6.45) is 9.45. The van der Waals surface area contributed by atoms with Crippen molar-refractivity contribution in [1.82, 2.24) is 0 Å². The molecule has 1 heteroatoms. The zero-order chi connectivity index (χ0) is 19.1. The summed E-state index contributed by atoms with van der Waals surface area (Å²) in [6.45, 7) is 5.80. The van der Waals surface area contributed by atoms with E-state index in [4.69, 9.17) is 0 Å². The van der Waals surface area contributed by atoms with Gasteiger partial charge in [-0.05, 0) is 85.6 Å². The van der Waals surface area contributed by atoms with E-state index < -0.39 is 0 Å². The highest BCUT2D eigenvalue weighted by molar-refractivity contribution is 6.04. The van der Waals surface area contributed by atoms with E-state index in [9.17, 15) is 4.79 Å². The van der Waals surface area contributed by atoms with E-state index in [1.54, 1.807) is 12.1 Å². The Hall–Kier alpha value is -2.59. The average Bonchev–Trinajstić information content (AvgIpc) is 2.73. The summed E-state index contributed by atoms with van der Waals surface area (Å²) in [5.41, 5.74) is 4.05. The first kappa shape index (κ1) is 19.2. The SMILES string of the molecule is C=CC(=O)c1ccc(C#Cc2ccc(C3CCC(CCC)CC3)cc2)cc1. The minimum atomic E-state index is -0.0613. The van der Waals surface area contributed by atoms with E-state index >= 15 is 0 Å². The number of ketones is 1. The maximum absolute atomic E-state index is 11.6. The molecule has 1 aliphatic rings. The van der Waals surface area contributed by atoms with Gasteiger partial charge >= 0.3 is 0 Å². The van der Waals surface area contributed by atoms with Gasteiger partial charge in [-0.25, -0.2) is 0 Å². The van der Waals surface area contributed by atoms with Crippen LogP contribution in [0.25, 0.3) is 0 Å². The van der Waals surface area contributed by atoms with E-state index in [2.05, 4.69) is 49.6 Å². The van der Waals surface area contributed by atoms with E-state index in [0.717, 1.165) is 23.0 Å². The molecule has 0 spiro atoms. The molecule has 0 unspecified atom stereocenters. The molecule has 138 valence electrons. The predicted octanol–water partition coefficient (Wildman–Crippen LogP) is 6.53. The van der Waals surface area contributed by atoms with Gasteiger partial charge in [0.2, 0.25) is 0 Å². The second-order valence-electron chi connectivity index (χ2n) is 7.52. The van der Waals surface area contributed by atoms with Crippen LogP contribution in [0.5, 0.6) is 0 Å². The van der Waals surface area contributed by atoms with Crippen LogP contribution >= 0.6 is 0 Å². The van der Waals surface area contributed by atoms with Crippen molar-refractivity contribution in [2.24, 2.45) is 5.92 Å². The van der Waals surface area contributed by atoms with Gasteiger partial charge in [0.25, 0.3) is 0 Å². The average molecular weight is 357 g/mol. The summed E-state index contributed by atoms with van der Waals surface area (Å²) in [7, 11) is 0. The fourth-order valence-corrected chi connectivity index (χ4v) is 4.01. The van der Waals surface area contributed by atoms with Gasteiger partial charge < -0.3 is 0 Å². The van der Waals surface area contributed by atoms with E-state index in [1.165, 1.54) is 50.2 Å².